The first-order chi connectivity index (χ1) is 14.7. The molecule has 164 valence electrons. The summed E-state index contributed by atoms with van der Waals surface area (Å²) in [4.78, 5) is 26.0. The van der Waals surface area contributed by atoms with Crippen molar-refractivity contribution in [3.8, 4) is 16.9 Å². The molecule has 0 aromatic heterocycles. The third kappa shape index (κ3) is 5.34. The molecule has 0 saturated heterocycles. The standard InChI is InChI=1S/C21H19F3N2O5/c1-30-20(29)17-12-26(9-10-27)19(28)18(17)25-15-4-2-3-14(11-15)13-5-7-16(8-6-13)31-21(22,23)24/h2-8,11,25,27H,9-10,12H2,1H3. The lowest BCUT2D eigenvalue weighted by Crippen LogP contribution is -2.31. The highest BCUT2D eigenvalue weighted by Crippen LogP contribution is 2.29. The van der Waals surface area contributed by atoms with Crippen LogP contribution in [0, 0.1) is 0 Å². The summed E-state index contributed by atoms with van der Waals surface area (Å²) in [6.07, 6.45) is -4.77. The lowest BCUT2D eigenvalue weighted by molar-refractivity contribution is -0.274. The van der Waals surface area contributed by atoms with Crippen LogP contribution in [0.1, 0.15) is 0 Å². The molecule has 7 nitrogen and oxygen atoms in total. The van der Waals surface area contributed by atoms with Gasteiger partial charge in [-0.05, 0) is 35.4 Å². The maximum atomic E-state index is 12.6. The van der Waals surface area contributed by atoms with Crippen molar-refractivity contribution < 1.29 is 37.3 Å². The van der Waals surface area contributed by atoms with Crippen LogP contribution < -0.4 is 10.1 Å². The second-order valence-electron chi connectivity index (χ2n) is 6.57. The maximum Gasteiger partial charge on any atom is 0.573 e. The number of benzene rings is 2. The van der Waals surface area contributed by atoms with Gasteiger partial charge in [-0.1, -0.05) is 24.3 Å². The number of esters is 1. The van der Waals surface area contributed by atoms with Gasteiger partial charge in [0.15, 0.2) is 0 Å². The molecule has 2 aromatic rings. The van der Waals surface area contributed by atoms with E-state index in [2.05, 4.69) is 10.1 Å². The molecule has 1 aliphatic heterocycles. The van der Waals surface area contributed by atoms with Crippen LogP contribution in [0.4, 0.5) is 18.9 Å². The van der Waals surface area contributed by atoms with Crippen molar-refractivity contribution in [1.29, 1.82) is 0 Å². The largest absolute Gasteiger partial charge is 0.573 e. The van der Waals surface area contributed by atoms with E-state index in [1.54, 1.807) is 24.3 Å². The van der Waals surface area contributed by atoms with Gasteiger partial charge in [0, 0.05) is 12.2 Å². The Balaban J connectivity index is 1.84. The maximum absolute atomic E-state index is 12.6. The highest BCUT2D eigenvalue weighted by Gasteiger charge is 2.34. The molecule has 0 unspecified atom stereocenters. The smallest absolute Gasteiger partial charge is 0.466 e. The number of hydrogen-bond acceptors (Lipinski definition) is 6. The quantitative estimate of drug-likeness (QED) is 0.649. The molecule has 10 heteroatoms. The van der Waals surface area contributed by atoms with E-state index in [-0.39, 0.29) is 36.7 Å². The van der Waals surface area contributed by atoms with Gasteiger partial charge < -0.3 is 24.8 Å². The van der Waals surface area contributed by atoms with Crippen molar-refractivity contribution in [3.05, 3.63) is 59.8 Å². The predicted octanol–water partition coefficient (Wildman–Crippen LogP) is 2.93. The van der Waals surface area contributed by atoms with Crippen LogP contribution in [0.2, 0.25) is 0 Å². The lowest BCUT2D eigenvalue weighted by atomic mass is 10.0. The molecule has 0 radical (unpaired) electrons. The summed E-state index contributed by atoms with van der Waals surface area (Å²) in [5, 5.41) is 12.1. The summed E-state index contributed by atoms with van der Waals surface area (Å²) in [6, 6.07) is 12.2. The van der Waals surface area contributed by atoms with Crippen molar-refractivity contribution in [1.82, 2.24) is 4.90 Å². The molecule has 0 aliphatic carbocycles. The third-order valence-corrected chi connectivity index (χ3v) is 4.51. The lowest BCUT2D eigenvalue weighted by Gasteiger charge is -2.15. The summed E-state index contributed by atoms with van der Waals surface area (Å²) in [5.74, 6) is -1.44. The third-order valence-electron chi connectivity index (χ3n) is 4.51. The number of nitrogens with one attached hydrogen (secondary N) is 1. The first-order valence-electron chi connectivity index (χ1n) is 9.16. The number of hydrogen-bond donors (Lipinski definition) is 2. The van der Waals surface area contributed by atoms with Crippen LogP contribution >= 0.6 is 0 Å². The predicted molar refractivity (Wildman–Crippen MR) is 105 cm³/mol. The Kier molecular flexibility index (Phi) is 6.50. The molecule has 0 atom stereocenters. The normalized spacial score (nSPS) is 14.1. The average molecular weight is 436 g/mol. The van der Waals surface area contributed by atoms with Gasteiger partial charge in [0.1, 0.15) is 11.4 Å². The Hall–Kier alpha value is -3.53. The van der Waals surface area contributed by atoms with E-state index < -0.39 is 18.2 Å². The highest BCUT2D eigenvalue weighted by atomic mass is 19.4. The van der Waals surface area contributed by atoms with E-state index in [1.165, 1.54) is 36.3 Å². The van der Waals surface area contributed by atoms with Crippen LogP contribution in [0.15, 0.2) is 59.8 Å². The molecular formula is C21H19F3N2O5. The fourth-order valence-corrected chi connectivity index (χ4v) is 3.12. The number of aliphatic hydroxyl groups excluding tert-OH is 1. The van der Waals surface area contributed by atoms with Crippen LogP contribution in [0.25, 0.3) is 11.1 Å². The Bertz CT molecular complexity index is 1000. The molecule has 3 rings (SSSR count). The van der Waals surface area contributed by atoms with E-state index in [1.807, 2.05) is 0 Å². The Morgan fingerprint density at radius 2 is 1.87 bits per heavy atom. The molecule has 1 aliphatic rings. The minimum atomic E-state index is -4.77. The molecule has 2 N–H and O–H groups in total. The van der Waals surface area contributed by atoms with Crippen molar-refractivity contribution in [2.24, 2.45) is 0 Å². The fraction of sp³-hybridized carbons (Fsp3) is 0.238. The first-order valence-corrected chi connectivity index (χ1v) is 9.16. The van der Waals surface area contributed by atoms with Gasteiger partial charge in [0.2, 0.25) is 0 Å². The van der Waals surface area contributed by atoms with Crippen LogP contribution in [-0.2, 0) is 14.3 Å². The number of amides is 1. The van der Waals surface area contributed by atoms with E-state index >= 15 is 0 Å². The van der Waals surface area contributed by atoms with E-state index in [0.29, 0.717) is 16.8 Å². The zero-order valence-corrected chi connectivity index (χ0v) is 16.4. The van der Waals surface area contributed by atoms with Crippen LogP contribution in [0.5, 0.6) is 5.75 Å². The SMILES string of the molecule is COC(=O)C1=C(Nc2cccc(-c3ccc(OC(F)(F)F)cc3)c2)C(=O)N(CCO)C1. The Morgan fingerprint density at radius 3 is 2.48 bits per heavy atom. The number of nitrogens with zero attached hydrogens (tertiary/aromatic N) is 1. The van der Waals surface area contributed by atoms with Crippen molar-refractivity contribution in [2.75, 3.05) is 32.1 Å². The second-order valence-corrected chi connectivity index (χ2v) is 6.57. The van der Waals surface area contributed by atoms with Crippen molar-refractivity contribution >= 4 is 17.6 Å². The van der Waals surface area contributed by atoms with Gasteiger partial charge in [-0.3, -0.25) is 4.79 Å². The van der Waals surface area contributed by atoms with Gasteiger partial charge in [0.25, 0.3) is 5.91 Å². The number of rotatable bonds is 7. The topological polar surface area (TPSA) is 88.1 Å². The van der Waals surface area contributed by atoms with Gasteiger partial charge in [-0.2, -0.15) is 0 Å². The van der Waals surface area contributed by atoms with Gasteiger partial charge >= 0.3 is 12.3 Å². The number of carbonyl (C=O) groups is 2. The monoisotopic (exact) mass is 436 g/mol. The Labute approximate surface area is 175 Å². The zero-order valence-electron chi connectivity index (χ0n) is 16.4. The summed E-state index contributed by atoms with van der Waals surface area (Å²) in [6.45, 7) is -0.178. The number of methoxy groups -OCH3 is 1. The average Bonchev–Trinajstić information content (AvgIpc) is 3.03. The summed E-state index contributed by atoms with van der Waals surface area (Å²) in [5.41, 5.74) is 1.97. The number of halogens is 3. The summed E-state index contributed by atoms with van der Waals surface area (Å²) >= 11 is 0. The number of anilines is 1. The molecule has 1 heterocycles. The van der Waals surface area contributed by atoms with Crippen molar-refractivity contribution in [3.63, 3.8) is 0 Å². The number of β-amino-alcohol motifs (C(OH)–C–C–N with tert-alkyl or cyclic N) is 1. The fourth-order valence-electron chi connectivity index (χ4n) is 3.12. The van der Waals surface area contributed by atoms with Gasteiger partial charge in [-0.25, -0.2) is 4.79 Å². The molecule has 2 aromatic carbocycles. The zero-order chi connectivity index (χ0) is 22.6. The van der Waals surface area contributed by atoms with Crippen LogP contribution in [0.3, 0.4) is 0 Å². The molecule has 31 heavy (non-hydrogen) atoms. The van der Waals surface area contributed by atoms with Gasteiger partial charge in [0.05, 0.1) is 25.8 Å². The number of ether oxygens (including phenoxy) is 2. The van der Waals surface area contributed by atoms with E-state index in [0.717, 1.165) is 0 Å². The summed E-state index contributed by atoms with van der Waals surface area (Å²) < 4.78 is 45.6. The first kappa shape index (κ1) is 22.2. The number of alkyl halides is 3. The minimum Gasteiger partial charge on any atom is -0.466 e. The van der Waals surface area contributed by atoms with E-state index in [9.17, 15) is 22.8 Å². The van der Waals surface area contributed by atoms with E-state index in [4.69, 9.17) is 9.84 Å². The highest BCUT2D eigenvalue weighted by molar-refractivity contribution is 6.08. The van der Waals surface area contributed by atoms with Crippen molar-refractivity contribution in [2.45, 2.75) is 6.36 Å². The number of carbonyl (C=O) groups excluding carboxylic acids is 2. The molecule has 0 spiro atoms. The molecule has 0 saturated carbocycles. The Morgan fingerprint density at radius 1 is 1.16 bits per heavy atom. The molecule has 1 amide bonds. The minimum absolute atomic E-state index is 0.00869. The molecule has 0 fully saturated rings. The molecular weight excluding hydrogens is 417 g/mol. The number of aliphatic hydroxyl groups is 1. The van der Waals surface area contributed by atoms with Crippen LogP contribution in [-0.4, -0.2) is 55.1 Å². The second kappa shape index (κ2) is 9.09. The molecule has 0 bridgehead atoms. The van der Waals surface area contributed by atoms with Gasteiger partial charge in [-0.15, -0.1) is 13.2 Å². The summed E-state index contributed by atoms with van der Waals surface area (Å²) in [7, 11) is 1.21.